The minimum atomic E-state index is 0.230. The van der Waals surface area contributed by atoms with Crippen LogP contribution in [0.4, 0.5) is 0 Å². The van der Waals surface area contributed by atoms with Crippen molar-refractivity contribution in [3.63, 3.8) is 0 Å². The van der Waals surface area contributed by atoms with Gasteiger partial charge in [0.2, 0.25) is 0 Å². The molecule has 0 aromatic heterocycles. The molecule has 2 aliphatic rings. The van der Waals surface area contributed by atoms with Gasteiger partial charge in [-0.3, -0.25) is 0 Å². The maximum absolute atomic E-state index is 6.03. The van der Waals surface area contributed by atoms with Crippen molar-refractivity contribution in [2.45, 2.75) is 57.1 Å². The van der Waals surface area contributed by atoms with E-state index in [4.69, 9.17) is 4.74 Å². The van der Waals surface area contributed by atoms with E-state index in [1.807, 2.05) is 0 Å². The molecule has 1 spiro atoms. The highest BCUT2D eigenvalue weighted by Crippen LogP contribution is 2.38. The summed E-state index contributed by atoms with van der Waals surface area (Å²) in [5.41, 5.74) is 0.230. The van der Waals surface area contributed by atoms with Crippen molar-refractivity contribution in [3.8, 4) is 0 Å². The topological polar surface area (TPSA) is 21.3 Å². The van der Waals surface area contributed by atoms with Gasteiger partial charge in [-0.05, 0) is 19.3 Å². The molecule has 1 N–H and O–H groups in total. The van der Waals surface area contributed by atoms with Crippen LogP contribution in [0.5, 0.6) is 0 Å². The van der Waals surface area contributed by atoms with Crippen LogP contribution in [0.3, 0.4) is 0 Å². The summed E-state index contributed by atoms with van der Waals surface area (Å²) in [6.45, 7) is 4.23. The second-order valence-electron chi connectivity index (χ2n) is 4.42. The van der Waals surface area contributed by atoms with Gasteiger partial charge in [0.1, 0.15) is 0 Å². The van der Waals surface area contributed by atoms with E-state index in [1.165, 1.54) is 38.5 Å². The Morgan fingerprint density at radius 1 is 1.38 bits per heavy atom. The first-order chi connectivity index (χ1) is 6.37. The number of rotatable bonds is 2. The molecule has 2 nitrogen and oxygen atoms in total. The first-order valence-corrected chi connectivity index (χ1v) is 5.75. The Labute approximate surface area is 81.0 Å². The Kier molecular flexibility index (Phi) is 2.89. The normalized spacial score (nSPS) is 32.5. The standard InChI is InChI=1S/C11H21NO/c1-2-5-10-11(6-3-4-7-11)13-9-8-12-10/h10,12H,2-9H2,1H3. The van der Waals surface area contributed by atoms with Gasteiger partial charge < -0.3 is 10.1 Å². The highest BCUT2D eigenvalue weighted by Gasteiger charge is 2.43. The molecule has 0 bridgehead atoms. The van der Waals surface area contributed by atoms with Crippen LogP contribution in [0, 0.1) is 0 Å². The van der Waals surface area contributed by atoms with Crippen LogP contribution in [0.2, 0.25) is 0 Å². The molecule has 1 saturated heterocycles. The van der Waals surface area contributed by atoms with E-state index in [2.05, 4.69) is 12.2 Å². The Morgan fingerprint density at radius 2 is 2.15 bits per heavy atom. The summed E-state index contributed by atoms with van der Waals surface area (Å²) < 4.78 is 6.03. The summed E-state index contributed by atoms with van der Waals surface area (Å²) in [4.78, 5) is 0. The zero-order valence-electron chi connectivity index (χ0n) is 8.64. The van der Waals surface area contributed by atoms with Gasteiger partial charge in [0.25, 0.3) is 0 Å². The fourth-order valence-electron chi connectivity index (χ4n) is 2.89. The smallest absolute Gasteiger partial charge is 0.0835 e. The van der Waals surface area contributed by atoms with Crippen LogP contribution in [-0.4, -0.2) is 24.8 Å². The lowest BCUT2D eigenvalue weighted by atomic mass is 9.88. The number of ether oxygens (including phenoxy) is 1. The zero-order valence-corrected chi connectivity index (χ0v) is 8.64. The number of morpholine rings is 1. The average molecular weight is 183 g/mol. The van der Waals surface area contributed by atoms with Crippen molar-refractivity contribution in [1.82, 2.24) is 5.32 Å². The number of hydrogen-bond donors (Lipinski definition) is 1. The molecule has 1 unspecified atom stereocenters. The molecule has 0 amide bonds. The van der Waals surface area contributed by atoms with E-state index in [0.717, 1.165) is 13.2 Å². The van der Waals surface area contributed by atoms with Crippen LogP contribution < -0.4 is 5.32 Å². The summed E-state index contributed by atoms with van der Waals surface area (Å²) in [5, 5.41) is 3.63. The molecule has 1 atom stereocenters. The van der Waals surface area contributed by atoms with Crippen molar-refractivity contribution in [1.29, 1.82) is 0 Å². The van der Waals surface area contributed by atoms with E-state index in [0.29, 0.717) is 6.04 Å². The molecular weight excluding hydrogens is 162 g/mol. The van der Waals surface area contributed by atoms with Crippen molar-refractivity contribution >= 4 is 0 Å². The van der Waals surface area contributed by atoms with Crippen LogP contribution in [0.1, 0.15) is 45.4 Å². The van der Waals surface area contributed by atoms with Gasteiger partial charge in [-0.1, -0.05) is 26.2 Å². The Balaban J connectivity index is 2.03. The van der Waals surface area contributed by atoms with Gasteiger partial charge in [-0.2, -0.15) is 0 Å². The summed E-state index contributed by atoms with van der Waals surface area (Å²) in [7, 11) is 0. The summed E-state index contributed by atoms with van der Waals surface area (Å²) >= 11 is 0. The maximum Gasteiger partial charge on any atom is 0.0835 e. The lowest BCUT2D eigenvalue weighted by Gasteiger charge is -2.42. The third-order valence-electron chi connectivity index (χ3n) is 3.54. The maximum atomic E-state index is 6.03. The van der Waals surface area contributed by atoms with Gasteiger partial charge in [0.05, 0.1) is 12.2 Å². The fourth-order valence-corrected chi connectivity index (χ4v) is 2.89. The van der Waals surface area contributed by atoms with Crippen molar-refractivity contribution in [2.75, 3.05) is 13.2 Å². The second kappa shape index (κ2) is 3.97. The molecule has 13 heavy (non-hydrogen) atoms. The first-order valence-electron chi connectivity index (χ1n) is 5.75. The molecule has 0 aromatic carbocycles. The van der Waals surface area contributed by atoms with Crippen LogP contribution in [0.15, 0.2) is 0 Å². The summed E-state index contributed by atoms with van der Waals surface area (Å²) in [5.74, 6) is 0. The van der Waals surface area contributed by atoms with Crippen molar-refractivity contribution in [2.24, 2.45) is 0 Å². The van der Waals surface area contributed by atoms with Gasteiger partial charge in [0.15, 0.2) is 0 Å². The van der Waals surface area contributed by atoms with Gasteiger partial charge in [-0.15, -0.1) is 0 Å². The van der Waals surface area contributed by atoms with Crippen molar-refractivity contribution in [3.05, 3.63) is 0 Å². The number of hydrogen-bond acceptors (Lipinski definition) is 2. The molecule has 1 aliphatic carbocycles. The van der Waals surface area contributed by atoms with Gasteiger partial charge in [-0.25, -0.2) is 0 Å². The van der Waals surface area contributed by atoms with E-state index >= 15 is 0 Å². The molecular formula is C11H21NO. The second-order valence-corrected chi connectivity index (χ2v) is 4.42. The SMILES string of the molecule is CCCC1NCCOC12CCCC2. The summed E-state index contributed by atoms with van der Waals surface area (Å²) in [6, 6.07) is 0.633. The largest absolute Gasteiger partial charge is 0.372 e. The highest BCUT2D eigenvalue weighted by atomic mass is 16.5. The predicted molar refractivity (Wildman–Crippen MR) is 53.8 cm³/mol. The Morgan fingerprint density at radius 3 is 2.85 bits per heavy atom. The molecule has 1 aliphatic heterocycles. The lowest BCUT2D eigenvalue weighted by Crippen LogP contribution is -2.56. The molecule has 2 rings (SSSR count). The molecule has 76 valence electrons. The van der Waals surface area contributed by atoms with E-state index in [-0.39, 0.29) is 5.60 Å². The van der Waals surface area contributed by atoms with E-state index < -0.39 is 0 Å². The Hall–Kier alpha value is -0.0800. The van der Waals surface area contributed by atoms with Crippen LogP contribution >= 0.6 is 0 Å². The van der Waals surface area contributed by atoms with Crippen LogP contribution in [0.25, 0.3) is 0 Å². The third-order valence-corrected chi connectivity index (χ3v) is 3.54. The lowest BCUT2D eigenvalue weighted by molar-refractivity contribution is -0.0938. The third kappa shape index (κ3) is 1.75. The average Bonchev–Trinajstić information content (AvgIpc) is 2.59. The zero-order chi connectivity index (χ0) is 9.15. The fraction of sp³-hybridized carbons (Fsp3) is 1.00. The Bertz CT molecular complexity index is 161. The van der Waals surface area contributed by atoms with Gasteiger partial charge >= 0.3 is 0 Å². The number of nitrogens with one attached hydrogen (secondary N) is 1. The molecule has 1 saturated carbocycles. The summed E-state index contributed by atoms with van der Waals surface area (Å²) in [6.07, 6.45) is 7.84. The van der Waals surface area contributed by atoms with Crippen molar-refractivity contribution < 1.29 is 4.74 Å². The predicted octanol–water partition coefficient (Wildman–Crippen LogP) is 2.09. The molecule has 0 radical (unpaired) electrons. The monoisotopic (exact) mass is 183 g/mol. The minimum Gasteiger partial charge on any atom is -0.372 e. The molecule has 0 aromatic rings. The van der Waals surface area contributed by atoms with Gasteiger partial charge in [0, 0.05) is 12.6 Å². The quantitative estimate of drug-likeness (QED) is 0.707. The minimum absolute atomic E-state index is 0.230. The van der Waals surface area contributed by atoms with Crippen LogP contribution in [-0.2, 0) is 4.74 Å². The first kappa shape index (κ1) is 9.47. The molecule has 1 heterocycles. The van der Waals surface area contributed by atoms with E-state index in [9.17, 15) is 0 Å². The molecule has 2 fully saturated rings. The van der Waals surface area contributed by atoms with E-state index in [1.54, 1.807) is 0 Å². The highest BCUT2D eigenvalue weighted by molar-refractivity contribution is 4.98. The molecule has 2 heteroatoms.